The average molecular weight is 470 g/mol. The molecule has 0 radical (unpaired) electrons. The first kappa shape index (κ1) is 23.1. The second-order valence-electron chi connectivity index (χ2n) is 7.26. The third-order valence-electron chi connectivity index (χ3n) is 4.75. The molecule has 0 aliphatic rings. The predicted octanol–water partition coefficient (Wildman–Crippen LogP) is 4.76. The Morgan fingerprint density at radius 2 is 0.629 bits per heavy atom. The summed E-state index contributed by atoms with van der Waals surface area (Å²) in [7, 11) is 0. The van der Waals surface area contributed by atoms with Crippen LogP contribution in [0, 0.1) is 0 Å². The van der Waals surface area contributed by atoms with Crippen molar-refractivity contribution in [1.82, 2.24) is 0 Å². The summed E-state index contributed by atoms with van der Waals surface area (Å²) in [5.41, 5.74) is 0.774. The molecule has 4 aromatic carbocycles. The smallest absolute Gasteiger partial charge is 0.343 e. The van der Waals surface area contributed by atoms with Gasteiger partial charge in [0.15, 0.2) is 0 Å². The predicted molar refractivity (Wildman–Crippen MR) is 124 cm³/mol. The van der Waals surface area contributed by atoms with Gasteiger partial charge in [0.2, 0.25) is 0 Å². The van der Waals surface area contributed by atoms with Crippen LogP contribution in [-0.4, -0.2) is 28.1 Å². The molecule has 0 bridgehead atoms. The quantitative estimate of drug-likeness (QED) is 0.306. The number of carbonyl (C=O) groups excluding carboxylic acids is 3. The Hall–Kier alpha value is -5.11. The van der Waals surface area contributed by atoms with Crippen molar-refractivity contribution in [3.05, 3.63) is 114 Å². The second kappa shape index (κ2) is 10.2. The van der Waals surface area contributed by atoms with Crippen molar-refractivity contribution in [2.45, 2.75) is 0 Å². The van der Waals surface area contributed by atoms with E-state index in [9.17, 15) is 24.6 Å². The third kappa shape index (κ3) is 6.02. The number of benzene rings is 4. The minimum atomic E-state index is -0.629. The van der Waals surface area contributed by atoms with Gasteiger partial charge in [0.25, 0.3) is 0 Å². The maximum absolute atomic E-state index is 12.4. The van der Waals surface area contributed by atoms with Gasteiger partial charge >= 0.3 is 17.9 Å². The fourth-order valence-corrected chi connectivity index (χ4v) is 2.93. The normalized spacial score (nSPS) is 10.3. The maximum atomic E-state index is 12.4. The third-order valence-corrected chi connectivity index (χ3v) is 4.75. The Kier molecular flexibility index (Phi) is 6.73. The Morgan fingerprint density at radius 1 is 0.400 bits per heavy atom. The number of rotatable bonds is 6. The van der Waals surface area contributed by atoms with E-state index in [2.05, 4.69) is 0 Å². The van der Waals surface area contributed by atoms with Gasteiger partial charge in [-0.25, -0.2) is 14.4 Å². The molecular formula is C27H18O8. The van der Waals surface area contributed by atoms with Gasteiger partial charge in [0.1, 0.15) is 28.7 Å². The molecule has 0 aliphatic carbocycles. The lowest BCUT2D eigenvalue weighted by Gasteiger charge is -2.08. The molecule has 174 valence electrons. The molecule has 0 saturated heterocycles. The Labute approximate surface area is 199 Å². The summed E-state index contributed by atoms with van der Waals surface area (Å²) in [5, 5.41) is 18.6. The molecule has 8 heteroatoms. The van der Waals surface area contributed by atoms with Crippen molar-refractivity contribution in [1.29, 1.82) is 0 Å². The highest BCUT2D eigenvalue weighted by molar-refractivity contribution is 5.93. The van der Waals surface area contributed by atoms with Crippen LogP contribution in [0.5, 0.6) is 28.7 Å². The number of aromatic hydroxyl groups is 2. The molecule has 2 N–H and O–H groups in total. The van der Waals surface area contributed by atoms with E-state index in [1.54, 1.807) is 0 Å². The van der Waals surface area contributed by atoms with Crippen LogP contribution in [0.15, 0.2) is 97.1 Å². The number of carbonyl (C=O) groups is 3. The van der Waals surface area contributed by atoms with E-state index in [-0.39, 0.29) is 45.4 Å². The zero-order valence-electron chi connectivity index (χ0n) is 18.1. The number of phenols is 2. The van der Waals surface area contributed by atoms with E-state index in [0.29, 0.717) is 0 Å². The molecule has 0 aliphatic heterocycles. The molecule has 0 atom stereocenters. The Bertz CT molecular complexity index is 1340. The number of hydrogen-bond donors (Lipinski definition) is 2. The van der Waals surface area contributed by atoms with Crippen molar-refractivity contribution in [2.75, 3.05) is 0 Å². The maximum Gasteiger partial charge on any atom is 0.343 e. The zero-order chi connectivity index (χ0) is 24.8. The number of ether oxygens (including phenoxy) is 3. The van der Waals surface area contributed by atoms with E-state index in [4.69, 9.17) is 14.2 Å². The first-order valence-electron chi connectivity index (χ1n) is 10.3. The molecule has 0 spiro atoms. The fourth-order valence-electron chi connectivity index (χ4n) is 2.93. The first-order chi connectivity index (χ1) is 16.9. The molecule has 0 heterocycles. The summed E-state index contributed by atoms with van der Waals surface area (Å²) >= 11 is 0. The van der Waals surface area contributed by atoms with Crippen LogP contribution in [0.3, 0.4) is 0 Å². The average Bonchev–Trinajstić information content (AvgIpc) is 2.86. The van der Waals surface area contributed by atoms with Gasteiger partial charge in [-0.1, -0.05) is 0 Å². The minimum Gasteiger partial charge on any atom is -0.508 e. The Balaban J connectivity index is 1.32. The van der Waals surface area contributed by atoms with Crippen LogP contribution in [0.4, 0.5) is 0 Å². The van der Waals surface area contributed by atoms with Crippen LogP contribution < -0.4 is 14.2 Å². The highest BCUT2D eigenvalue weighted by atomic mass is 16.5. The van der Waals surface area contributed by atoms with Gasteiger partial charge in [0.05, 0.1) is 16.7 Å². The lowest BCUT2D eigenvalue weighted by atomic mass is 10.2. The first-order valence-corrected chi connectivity index (χ1v) is 10.3. The van der Waals surface area contributed by atoms with Crippen molar-refractivity contribution >= 4 is 17.9 Å². The molecule has 4 rings (SSSR count). The van der Waals surface area contributed by atoms with Gasteiger partial charge in [-0.05, 0) is 97.1 Å². The van der Waals surface area contributed by atoms with E-state index in [1.807, 2.05) is 0 Å². The summed E-state index contributed by atoms with van der Waals surface area (Å²) < 4.78 is 15.8. The molecule has 0 fully saturated rings. The largest absolute Gasteiger partial charge is 0.508 e. The standard InChI is InChI=1S/C27H18O8/c28-20-7-1-17(2-8-20)25(30)33-22-11-5-19(6-12-22)27(32)35-24-15-13-23(14-16-24)34-26(31)18-3-9-21(29)10-4-18/h1-16,28-29H. The summed E-state index contributed by atoms with van der Waals surface area (Å²) in [6.07, 6.45) is 0. The van der Waals surface area contributed by atoms with E-state index >= 15 is 0 Å². The summed E-state index contributed by atoms with van der Waals surface area (Å²) in [5.74, 6) is -1.03. The van der Waals surface area contributed by atoms with Crippen molar-refractivity contribution in [2.24, 2.45) is 0 Å². The fraction of sp³-hybridized carbons (Fsp3) is 0. The van der Waals surface area contributed by atoms with Crippen molar-refractivity contribution in [3.63, 3.8) is 0 Å². The Morgan fingerprint density at radius 3 is 0.914 bits per heavy atom. The monoisotopic (exact) mass is 470 g/mol. The minimum absolute atomic E-state index is 0.0363. The zero-order valence-corrected chi connectivity index (χ0v) is 18.1. The van der Waals surface area contributed by atoms with E-state index in [1.165, 1.54) is 97.1 Å². The number of hydrogen-bond acceptors (Lipinski definition) is 8. The van der Waals surface area contributed by atoms with Crippen LogP contribution in [0.25, 0.3) is 0 Å². The lowest BCUT2D eigenvalue weighted by Crippen LogP contribution is -2.10. The topological polar surface area (TPSA) is 119 Å². The highest BCUT2D eigenvalue weighted by Crippen LogP contribution is 2.21. The second-order valence-corrected chi connectivity index (χ2v) is 7.26. The van der Waals surface area contributed by atoms with Crippen LogP contribution in [-0.2, 0) is 0 Å². The summed E-state index contributed by atoms with van der Waals surface area (Å²) in [4.78, 5) is 36.7. The van der Waals surface area contributed by atoms with E-state index in [0.717, 1.165) is 0 Å². The summed E-state index contributed by atoms with van der Waals surface area (Å²) in [6, 6.07) is 23.0. The molecule has 0 unspecified atom stereocenters. The van der Waals surface area contributed by atoms with Crippen LogP contribution in [0.1, 0.15) is 31.1 Å². The van der Waals surface area contributed by atoms with Crippen molar-refractivity contribution < 1.29 is 38.8 Å². The molecule has 35 heavy (non-hydrogen) atoms. The van der Waals surface area contributed by atoms with E-state index < -0.39 is 17.9 Å². The SMILES string of the molecule is O=C(Oc1ccc(OC(=O)c2ccc(OC(=O)c3ccc(O)cc3)cc2)cc1)c1ccc(O)cc1. The van der Waals surface area contributed by atoms with Crippen LogP contribution >= 0.6 is 0 Å². The molecule has 0 amide bonds. The van der Waals surface area contributed by atoms with Crippen LogP contribution in [0.2, 0.25) is 0 Å². The molecule has 8 nitrogen and oxygen atoms in total. The number of esters is 3. The van der Waals surface area contributed by atoms with Gasteiger partial charge in [0, 0.05) is 0 Å². The molecule has 4 aromatic rings. The van der Waals surface area contributed by atoms with Gasteiger partial charge in [-0.2, -0.15) is 0 Å². The van der Waals surface area contributed by atoms with Crippen molar-refractivity contribution in [3.8, 4) is 28.7 Å². The van der Waals surface area contributed by atoms with Gasteiger partial charge in [-0.15, -0.1) is 0 Å². The van der Waals surface area contributed by atoms with Gasteiger partial charge in [-0.3, -0.25) is 0 Å². The number of phenolic OH excluding ortho intramolecular Hbond substituents is 2. The summed E-state index contributed by atoms with van der Waals surface area (Å²) in [6.45, 7) is 0. The highest BCUT2D eigenvalue weighted by Gasteiger charge is 2.13. The molecular weight excluding hydrogens is 452 g/mol. The molecule has 0 aromatic heterocycles. The van der Waals surface area contributed by atoms with Gasteiger partial charge < -0.3 is 24.4 Å². The lowest BCUT2D eigenvalue weighted by molar-refractivity contribution is 0.0718. The molecule has 0 saturated carbocycles.